The van der Waals surface area contributed by atoms with Crippen molar-refractivity contribution >= 4 is 11.6 Å². The Labute approximate surface area is 135 Å². The molecule has 0 aliphatic carbocycles. The Morgan fingerprint density at radius 3 is 2.64 bits per heavy atom. The maximum absolute atomic E-state index is 10.4. The highest BCUT2D eigenvalue weighted by molar-refractivity contribution is 6.30. The number of aliphatic hydroxyl groups is 1. The molecule has 1 aromatic heterocycles. The molecule has 114 valence electrons. The molecule has 2 aromatic rings. The maximum Gasteiger partial charge on any atom is 0.0917 e. The number of hydrogen-bond acceptors (Lipinski definition) is 4. The number of hydrogen-bond donors (Lipinski definition) is 1. The summed E-state index contributed by atoms with van der Waals surface area (Å²) in [7, 11) is 0. The van der Waals surface area contributed by atoms with Gasteiger partial charge in [-0.05, 0) is 29.8 Å². The molecule has 1 atom stereocenters. The molecule has 0 fully saturated rings. The number of rotatable bonds is 7. The van der Waals surface area contributed by atoms with Crippen LogP contribution >= 0.6 is 11.6 Å². The lowest BCUT2D eigenvalue weighted by Gasteiger charge is -2.24. The molecule has 5 heteroatoms. The molecule has 0 saturated heterocycles. The van der Waals surface area contributed by atoms with Crippen LogP contribution in [0.4, 0.5) is 0 Å². The van der Waals surface area contributed by atoms with Gasteiger partial charge in [0.15, 0.2) is 0 Å². The third-order valence-corrected chi connectivity index (χ3v) is 3.59. The highest BCUT2D eigenvalue weighted by atomic mass is 35.5. The topological polar surface area (TPSA) is 60.2 Å². The van der Waals surface area contributed by atoms with Crippen molar-refractivity contribution in [3.63, 3.8) is 0 Å². The molecule has 0 bridgehead atoms. The third-order valence-electron chi connectivity index (χ3n) is 3.34. The summed E-state index contributed by atoms with van der Waals surface area (Å²) in [4.78, 5) is 6.33. The monoisotopic (exact) mass is 315 g/mol. The zero-order valence-electron chi connectivity index (χ0n) is 12.2. The predicted octanol–water partition coefficient (Wildman–Crippen LogP) is 3.18. The van der Waals surface area contributed by atoms with Gasteiger partial charge >= 0.3 is 0 Å². The zero-order chi connectivity index (χ0) is 15.8. The summed E-state index contributed by atoms with van der Waals surface area (Å²) >= 11 is 5.86. The smallest absolute Gasteiger partial charge is 0.0917 e. The molecule has 0 spiro atoms. The second-order valence-electron chi connectivity index (χ2n) is 5.03. The molecule has 0 aliphatic heterocycles. The van der Waals surface area contributed by atoms with Gasteiger partial charge in [-0.15, -0.1) is 0 Å². The van der Waals surface area contributed by atoms with Crippen molar-refractivity contribution in [1.82, 2.24) is 9.88 Å². The first-order valence-corrected chi connectivity index (χ1v) is 7.49. The Balaban J connectivity index is 2.02. The van der Waals surface area contributed by atoms with E-state index in [1.54, 1.807) is 18.3 Å². The van der Waals surface area contributed by atoms with Gasteiger partial charge in [-0.25, -0.2) is 0 Å². The van der Waals surface area contributed by atoms with E-state index in [-0.39, 0.29) is 0 Å². The van der Waals surface area contributed by atoms with Gasteiger partial charge in [-0.3, -0.25) is 9.88 Å². The van der Waals surface area contributed by atoms with Crippen molar-refractivity contribution in [2.45, 2.75) is 19.1 Å². The van der Waals surface area contributed by atoms with E-state index in [0.29, 0.717) is 31.1 Å². The fraction of sp³-hybridized carbons (Fsp3) is 0.294. The van der Waals surface area contributed by atoms with Gasteiger partial charge in [0.2, 0.25) is 0 Å². The summed E-state index contributed by atoms with van der Waals surface area (Å²) < 4.78 is 0. The summed E-state index contributed by atoms with van der Waals surface area (Å²) in [6.07, 6.45) is 1.54. The summed E-state index contributed by atoms with van der Waals surface area (Å²) in [5, 5.41) is 19.8. The van der Waals surface area contributed by atoms with E-state index in [9.17, 15) is 5.11 Å². The van der Waals surface area contributed by atoms with E-state index in [1.165, 1.54) is 0 Å². The normalized spacial score (nSPS) is 12.1. The lowest BCUT2D eigenvalue weighted by atomic mass is 10.1. The Morgan fingerprint density at radius 1 is 1.23 bits per heavy atom. The number of nitriles is 1. The van der Waals surface area contributed by atoms with Gasteiger partial charge in [0.1, 0.15) is 0 Å². The average Bonchev–Trinajstić information content (AvgIpc) is 2.54. The number of aromatic nitrogens is 1. The molecule has 1 unspecified atom stereocenters. The highest BCUT2D eigenvalue weighted by Gasteiger charge is 2.14. The molecule has 1 N–H and O–H groups in total. The summed E-state index contributed by atoms with van der Waals surface area (Å²) in [6.45, 7) is 1.64. The Hall–Kier alpha value is -1.93. The van der Waals surface area contributed by atoms with Gasteiger partial charge in [0, 0.05) is 37.3 Å². The Morgan fingerprint density at radius 2 is 2.00 bits per heavy atom. The van der Waals surface area contributed by atoms with Gasteiger partial charge in [0.25, 0.3) is 0 Å². The molecule has 22 heavy (non-hydrogen) atoms. The van der Waals surface area contributed by atoms with Gasteiger partial charge in [-0.1, -0.05) is 29.8 Å². The van der Waals surface area contributed by atoms with Crippen LogP contribution in [0.15, 0.2) is 48.7 Å². The minimum absolute atomic E-state index is 0.417. The van der Waals surface area contributed by atoms with E-state index in [2.05, 4.69) is 11.1 Å². The standard InChI is InChI=1S/C17H18ClN3O/c18-15-7-5-14(6-8-15)17(22)13-21(11-3-9-19)12-16-4-1-2-10-20-16/h1-2,4-8,10,17,22H,3,11-13H2. The number of aliphatic hydroxyl groups excluding tert-OH is 1. The molecular formula is C17H18ClN3O. The third kappa shape index (κ3) is 5.12. The molecule has 0 radical (unpaired) electrons. The van der Waals surface area contributed by atoms with E-state index < -0.39 is 6.10 Å². The van der Waals surface area contributed by atoms with Crippen molar-refractivity contribution in [2.24, 2.45) is 0 Å². The summed E-state index contributed by atoms with van der Waals surface area (Å²) in [6, 6.07) is 15.0. The van der Waals surface area contributed by atoms with Crippen LogP contribution in [0.25, 0.3) is 0 Å². The first kappa shape index (κ1) is 16.4. The Kier molecular flexibility index (Phi) is 6.35. The molecule has 2 rings (SSSR count). The van der Waals surface area contributed by atoms with Crippen molar-refractivity contribution < 1.29 is 5.11 Å². The molecule has 0 saturated carbocycles. The van der Waals surface area contributed by atoms with Crippen LogP contribution in [-0.4, -0.2) is 28.1 Å². The van der Waals surface area contributed by atoms with Gasteiger partial charge in [-0.2, -0.15) is 5.26 Å². The molecule has 0 amide bonds. The lowest BCUT2D eigenvalue weighted by Crippen LogP contribution is -2.29. The van der Waals surface area contributed by atoms with Gasteiger partial charge in [0.05, 0.1) is 17.9 Å². The summed E-state index contributed by atoms with van der Waals surface area (Å²) in [5.74, 6) is 0. The first-order valence-electron chi connectivity index (χ1n) is 7.12. The van der Waals surface area contributed by atoms with Crippen LogP contribution in [-0.2, 0) is 6.54 Å². The molecule has 0 aliphatic rings. The van der Waals surface area contributed by atoms with E-state index in [0.717, 1.165) is 11.3 Å². The number of benzene rings is 1. The van der Waals surface area contributed by atoms with Crippen molar-refractivity contribution in [1.29, 1.82) is 5.26 Å². The van der Waals surface area contributed by atoms with E-state index in [1.807, 2.05) is 35.2 Å². The van der Waals surface area contributed by atoms with Crippen LogP contribution in [0, 0.1) is 11.3 Å². The van der Waals surface area contributed by atoms with E-state index in [4.69, 9.17) is 16.9 Å². The van der Waals surface area contributed by atoms with Crippen LogP contribution in [0.5, 0.6) is 0 Å². The number of pyridine rings is 1. The Bertz CT molecular complexity index is 610. The number of nitrogens with zero attached hydrogens (tertiary/aromatic N) is 3. The average molecular weight is 316 g/mol. The quantitative estimate of drug-likeness (QED) is 0.852. The minimum Gasteiger partial charge on any atom is -0.387 e. The summed E-state index contributed by atoms with van der Waals surface area (Å²) in [5.41, 5.74) is 1.73. The van der Waals surface area contributed by atoms with Crippen molar-refractivity contribution in [3.8, 4) is 6.07 Å². The fourth-order valence-corrected chi connectivity index (χ4v) is 2.32. The van der Waals surface area contributed by atoms with E-state index >= 15 is 0 Å². The molecule has 1 aromatic carbocycles. The molecule has 4 nitrogen and oxygen atoms in total. The molecular weight excluding hydrogens is 298 g/mol. The zero-order valence-corrected chi connectivity index (χ0v) is 12.9. The van der Waals surface area contributed by atoms with Crippen LogP contribution in [0.3, 0.4) is 0 Å². The largest absolute Gasteiger partial charge is 0.387 e. The predicted molar refractivity (Wildman–Crippen MR) is 86.2 cm³/mol. The van der Waals surface area contributed by atoms with Crippen molar-refractivity contribution in [3.05, 3.63) is 64.9 Å². The molecule has 1 heterocycles. The first-order chi connectivity index (χ1) is 10.7. The minimum atomic E-state index is -0.625. The lowest BCUT2D eigenvalue weighted by molar-refractivity contribution is 0.109. The van der Waals surface area contributed by atoms with Crippen molar-refractivity contribution in [2.75, 3.05) is 13.1 Å². The highest BCUT2D eigenvalue weighted by Crippen LogP contribution is 2.18. The second kappa shape index (κ2) is 8.50. The van der Waals surface area contributed by atoms with Crippen LogP contribution in [0.2, 0.25) is 5.02 Å². The maximum atomic E-state index is 10.4. The van der Waals surface area contributed by atoms with Gasteiger partial charge < -0.3 is 5.11 Å². The SMILES string of the molecule is N#CCCN(Cc1ccccn1)CC(O)c1ccc(Cl)cc1. The van der Waals surface area contributed by atoms with Crippen LogP contribution in [0.1, 0.15) is 23.8 Å². The second-order valence-corrected chi connectivity index (χ2v) is 5.47. The van der Waals surface area contributed by atoms with Crippen LogP contribution < -0.4 is 0 Å². The number of halogens is 1. The fourth-order valence-electron chi connectivity index (χ4n) is 2.20.